The quantitative estimate of drug-likeness (QED) is 0.382. The fourth-order valence-corrected chi connectivity index (χ4v) is 0.227. The smallest absolute Gasteiger partial charge is 0.128 e. The standard InChI is InChI=1S/C3H5FN/c4-3-1-5-2-3/h3H,1-2H2. The SMILES string of the molecule is FC1C[N]C1. The molecule has 1 rings (SSSR count). The van der Waals surface area contributed by atoms with E-state index >= 15 is 0 Å². The van der Waals surface area contributed by atoms with Gasteiger partial charge in [-0.05, 0) is 0 Å². The highest BCUT2D eigenvalue weighted by molar-refractivity contribution is 4.71. The molecule has 29 valence electrons. The van der Waals surface area contributed by atoms with Crippen molar-refractivity contribution in [3.63, 3.8) is 0 Å². The van der Waals surface area contributed by atoms with Gasteiger partial charge in [0.15, 0.2) is 0 Å². The second kappa shape index (κ2) is 0.937. The minimum Gasteiger partial charge on any atom is -0.245 e. The second-order valence-corrected chi connectivity index (χ2v) is 1.19. The lowest BCUT2D eigenvalue weighted by atomic mass is 10.3. The summed E-state index contributed by atoms with van der Waals surface area (Å²) in [6.45, 7) is 0.889. The van der Waals surface area contributed by atoms with Gasteiger partial charge in [0.05, 0.1) is 0 Å². The van der Waals surface area contributed by atoms with Crippen LogP contribution in [-0.4, -0.2) is 19.3 Å². The maximum absolute atomic E-state index is 11.4. The summed E-state index contributed by atoms with van der Waals surface area (Å²) < 4.78 is 11.4. The molecule has 0 N–H and O–H groups in total. The van der Waals surface area contributed by atoms with Crippen molar-refractivity contribution in [1.29, 1.82) is 0 Å². The summed E-state index contributed by atoms with van der Waals surface area (Å²) >= 11 is 0. The maximum atomic E-state index is 11.4. The Balaban J connectivity index is 2.08. The molecule has 1 aliphatic rings. The van der Waals surface area contributed by atoms with Crippen molar-refractivity contribution in [3.8, 4) is 0 Å². The largest absolute Gasteiger partial charge is 0.245 e. The monoisotopic (exact) mass is 74.0 g/mol. The second-order valence-electron chi connectivity index (χ2n) is 1.19. The summed E-state index contributed by atoms with van der Waals surface area (Å²) in [6.07, 6.45) is -0.602. The summed E-state index contributed by atoms with van der Waals surface area (Å²) in [6, 6.07) is 0. The number of halogens is 1. The van der Waals surface area contributed by atoms with E-state index in [0.29, 0.717) is 13.1 Å². The lowest BCUT2D eigenvalue weighted by Crippen LogP contribution is -2.37. The van der Waals surface area contributed by atoms with Crippen molar-refractivity contribution in [2.45, 2.75) is 6.17 Å². The van der Waals surface area contributed by atoms with Crippen molar-refractivity contribution in [3.05, 3.63) is 0 Å². The molecule has 5 heavy (non-hydrogen) atoms. The Morgan fingerprint density at radius 2 is 2.00 bits per heavy atom. The average Bonchev–Trinajstić information content (AvgIpc) is 1.30. The van der Waals surface area contributed by atoms with Gasteiger partial charge in [0, 0.05) is 13.1 Å². The molecule has 1 aliphatic heterocycles. The van der Waals surface area contributed by atoms with Gasteiger partial charge in [0.2, 0.25) is 0 Å². The molecule has 2 heteroatoms. The van der Waals surface area contributed by atoms with Gasteiger partial charge in [0.1, 0.15) is 6.17 Å². The van der Waals surface area contributed by atoms with Crippen molar-refractivity contribution in [2.75, 3.05) is 13.1 Å². The van der Waals surface area contributed by atoms with Crippen LogP contribution in [0.1, 0.15) is 0 Å². The van der Waals surface area contributed by atoms with Crippen LogP contribution in [0.25, 0.3) is 0 Å². The Morgan fingerprint density at radius 3 is 2.00 bits per heavy atom. The average molecular weight is 74.1 g/mol. The van der Waals surface area contributed by atoms with E-state index in [4.69, 9.17) is 0 Å². The summed E-state index contributed by atoms with van der Waals surface area (Å²) in [5, 5.41) is 3.62. The molecule has 0 aromatic heterocycles. The molecule has 1 fully saturated rings. The fraction of sp³-hybridized carbons (Fsp3) is 1.00. The van der Waals surface area contributed by atoms with E-state index in [-0.39, 0.29) is 0 Å². The van der Waals surface area contributed by atoms with E-state index in [1.807, 2.05) is 0 Å². The molecule has 1 saturated heterocycles. The van der Waals surface area contributed by atoms with Gasteiger partial charge < -0.3 is 0 Å². The first kappa shape index (κ1) is 3.09. The van der Waals surface area contributed by atoms with E-state index in [2.05, 4.69) is 5.32 Å². The zero-order valence-corrected chi connectivity index (χ0v) is 2.82. The van der Waals surface area contributed by atoms with Gasteiger partial charge in [-0.2, -0.15) is 0 Å². The van der Waals surface area contributed by atoms with Gasteiger partial charge in [-0.15, -0.1) is 0 Å². The highest BCUT2D eigenvalue weighted by atomic mass is 19.1. The first-order chi connectivity index (χ1) is 2.39. The maximum Gasteiger partial charge on any atom is 0.128 e. The third-order valence-corrected chi connectivity index (χ3v) is 0.654. The Hall–Kier alpha value is -0.110. The Labute approximate surface area is 30.2 Å². The third-order valence-electron chi connectivity index (χ3n) is 0.654. The number of hydrogen-bond donors (Lipinski definition) is 0. The highest BCUT2D eigenvalue weighted by Gasteiger charge is 2.14. The fourth-order valence-electron chi connectivity index (χ4n) is 0.227. The first-order valence-corrected chi connectivity index (χ1v) is 1.67. The normalized spacial score (nSPS) is 25.8. The minimum absolute atomic E-state index is 0.444. The molecular formula is C3H5FN. The van der Waals surface area contributed by atoms with E-state index in [0.717, 1.165) is 0 Å². The number of nitrogens with zero attached hydrogens (tertiary/aromatic N) is 1. The van der Waals surface area contributed by atoms with Crippen LogP contribution in [0.3, 0.4) is 0 Å². The van der Waals surface area contributed by atoms with Gasteiger partial charge in [-0.1, -0.05) is 0 Å². The molecule has 0 aliphatic carbocycles. The van der Waals surface area contributed by atoms with E-state index in [1.54, 1.807) is 0 Å². The van der Waals surface area contributed by atoms with Crippen LogP contribution >= 0.6 is 0 Å². The van der Waals surface area contributed by atoms with Crippen molar-refractivity contribution >= 4 is 0 Å². The molecule has 0 amide bonds. The van der Waals surface area contributed by atoms with Gasteiger partial charge in [-0.25, -0.2) is 9.71 Å². The van der Waals surface area contributed by atoms with Crippen molar-refractivity contribution in [1.82, 2.24) is 5.32 Å². The lowest BCUT2D eigenvalue weighted by Gasteiger charge is -2.14. The first-order valence-electron chi connectivity index (χ1n) is 1.67. The molecule has 1 heterocycles. The predicted molar refractivity (Wildman–Crippen MR) is 16.8 cm³/mol. The third kappa shape index (κ3) is 0.401. The van der Waals surface area contributed by atoms with E-state index < -0.39 is 6.17 Å². The zero-order valence-electron chi connectivity index (χ0n) is 2.82. The Bertz CT molecular complexity index is 33.9. The van der Waals surface area contributed by atoms with Crippen LogP contribution in [0, 0.1) is 0 Å². The summed E-state index contributed by atoms with van der Waals surface area (Å²) in [5.74, 6) is 0. The predicted octanol–water partition coefficient (Wildman–Crippen LogP) is -0.0575. The van der Waals surface area contributed by atoms with Crippen LogP contribution in [0.2, 0.25) is 0 Å². The van der Waals surface area contributed by atoms with Crippen LogP contribution in [0.15, 0.2) is 0 Å². The van der Waals surface area contributed by atoms with Gasteiger partial charge in [0.25, 0.3) is 0 Å². The van der Waals surface area contributed by atoms with Crippen molar-refractivity contribution < 1.29 is 4.39 Å². The van der Waals surface area contributed by atoms with Gasteiger partial charge >= 0.3 is 0 Å². The van der Waals surface area contributed by atoms with Crippen LogP contribution in [-0.2, 0) is 0 Å². The molecule has 0 aromatic rings. The highest BCUT2D eigenvalue weighted by Crippen LogP contribution is 1.95. The van der Waals surface area contributed by atoms with Gasteiger partial charge in [-0.3, -0.25) is 0 Å². The van der Waals surface area contributed by atoms with Crippen LogP contribution < -0.4 is 5.32 Å². The van der Waals surface area contributed by atoms with E-state index in [9.17, 15) is 4.39 Å². The van der Waals surface area contributed by atoms with E-state index in [1.165, 1.54) is 0 Å². The number of alkyl halides is 1. The molecule has 0 saturated carbocycles. The molecular weight excluding hydrogens is 69.0 g/mol. The molecule has 0 bridgehead atoms. The minimum atomic E-state index is -0.602. The molecule has 0 unspecified atom stereocenters. The van der Waals surface area contributed by atoms with Crippen LogP contribution in [0.4, 0.5) is 4.39 Å². The van der Waals surface area contributed by atoms with Crippen molar-refractivity contribution in [2.24, 2.45) is 0 Å². The summed E-state index contributed by atoms with van der Waals surface area (Å²) in [4.78, 5) is 0. The molecule has 0 aromatic carbocycles. The lowest BCUT2D eigenvalue weighted by molar-refractivity contribution is 0.232. The molecule has 0 atom stereocenters. The number of hydrogen-bond acceptors (Lipinski definition) is 0. The molecule has 1 nitrogen and oxygen atoms in total. The number of rotatable bonds is 0. The topological polar surface area (TPSA) is 14.1 Å². The van der Waals surface area contributed by atoms with Crippen LogP contribution in [0.5, 0.6) is 0 Å². The Morgan fingerprint density at radius 1 is 1.60 bits per heavy atom. The molecule has 1 radical (unpaired) electrons. The zero-order chi connectivity index (χ0) is 3.70. The summed E-state index contributed by atoms with van der Waals surface area (Å²) in [7, 11) is 0. The molecule has 0 spiro atoms. The summed E-state index contributed by atoms with van der Waals surface area (Å²) in [5.41, 5.74) is 0. The Kier molecular flexibility index (Phi) is 0.580.